The number of nitrogens with zero attached hydrogens (tertiary/aromatic N) is 2. The summed E-state index contributed by atoms with van der Waals surface area (Å²) in [6.07, 6.45) is -1.75. The lowest BCUT2D eigenvalue weighted by Gasteiger charge is -2.17. The van der Waals surface area contributed by atoms with Gasteiger partial charge in [0.25, 0.3) is 11.4 Å². The highest BCUT2D eigenvalue weighted by atomic mass is 16.6. The van der Waals surface area contributed by atoms with Gasteiger partial charge in [0.1, 0.15) is 13.2 Å². The number of nitrogens with one attached hydrogen (secondary N) is 2. The summed E-state index contributed by atoms with van der Waals surface area (Å²) in [6.45, 7) is -0.605. The van der Waals surface area contributed by atoms with Crippen molar-refractivity contribution in [3.05, 3.63) is 79.9 Å². The van der Waals surface area contributed by atoms with Gasteiger partial charge in [-0.25, -0.2) is 9.59 Å². The molecule has 192 valence electrons. The molecule has 0 heterocycles. The third kappa shape index (κ3) is 9.24. The van der Waals surface area contributed by atoms with Gasteiger partial charge in [-0.3, -0.25) is 25.0 Å². The second-order valence-corrected chi connectivity index (χ2v) is 7.43. The molecule has 0 saturated heterocycles. The zero-order valence-electron chi connectivity index (χ0n) is 19.0. The lowest BCUT2D eigenvalue weighted by atomic mass is 10.1. The SMILES string of the molecule is O=C(O)C[C@@H](CCCNC(=O)OCc1ccccc1[N+](=O)[O-])NC(=O)OCc1ccccc1[N+](=O)[O-]. The number of benzene rings is 2. The highest BCUT2D eigenvalue weighted by Crippen LogP contribution is 2.19. The van der Waals surface area contributed by atoms with E-state index in [0.717, 1.165) is 0 Å². The van der Waals surface area contributed by atoms with Crippen molar-refractivity contribution in [3.8, 4) is 0 Å². The monoisotopic (exact) mass is 504 g/mol. The molecule has 0 radical (unpaired) electrons. The summed E-state index contributed by atoms with van der Waals surface area (Å²) in [4.78, 5) is 55.9. The third-order valence-corrected chi connectivity index (χ3v) is 4.84. The van der Waals surface area contributed by atoms with Crippen LogP contribution in [0.25, 0.3) is 0 Å². The van der Waals surface area contributed by atoms with Crippen LogP contribution in [0, 0.1) is 20.2 Å². The topological polar surface area (TPSA) is 200 Å². The number of hydrogen-bond donors (Lipinski definition) is 3. The maximum Gasteiger partial charge on any atom is 0.407 e. The van der Waals surface area contributed by atoms with Crippen molar-refractivity contribution >= 4 is 29.5 Å². The zero-order chi connectivity index (χ0) is 26.5. The summed E-state index contributed by atoms with van der Waals surface area (Å²) in [5, 5.41) is 35.9. The third-order valence-electron chi connectivity index (χ3n) is 4.84. The molecule has 0 spiro atoms. The summed E-state index contributed by atoms with van der Waals surface area (Å²) in [7, 11) is 0. The Morgan fingerprint density at radius 3 is 1.86 bits per heavy atom. The molecule has 1 atom stereocenters. The van der Waals surface area contributed by atoms with Gasteiger partial charge in [-0.2, -0.15) is 0 Å². The van der Waals surface area contributed by atoms with Crippen molar-refractivity contribution in [1.29, 1.82) is 0 Å². The minimum absolute atomic E-state index is 0.0821. The van der Waals surface area contributed by atoms with E-state index >= 15 is 0 Å². The second-order valence-electron chi connectivity index (χ2n) is 7.43. The van der Waals surface area contributed by atoms with E-state index in [1.54, 1.807) is 12.1 Å². The van der Waals surface area contributed by atoms with Gasteiger partial charge in [0.2, 0.25) is 0 Å². The van der Waals surface area contributed by atoms with Crippen molar-refractivity contribution in [2.45, 2.75) is 38.5 Å². The Bertz CT molecular complexity index is 1110. The normalized spacial score (nSPS) is 11.1. The lowest BCUT2D eigenvalue weighted by molar-refractivity contribution is -0.386. The zero-order valence-corrected chi connectivity index (χ0v) is 19.0. The molecule has 2 aromatic rings. The molecule has 0 unspecified atom stereocenters. The van der Waals surface area contributed by atoms with Crippen LogP contribution in [-0.2, 0) is 27.5 Å². The minimum atomic E-state index is -1.17. The Labute approximate surface area is 204 Å². The predicted molar refractivity (Wildman–Crippen MR) is 123 cm³/mol. The Kier molecular flexibility index (Phi) is 10.6. The number of rotatable bonds is 13. The fraction of sp³-hybridized carbons (Fsp3) is 0.318. The largest absolute Gasteiger partial charge is 0.481 e. The van der Waals surface area contributed by atoms with E-state index in [0.29, 0.717) is 0 Å². The van der Waals surface area contributed by atoms with E-state index in [9.17, 15) is 34.6 Å². The fourth-order valence-electron chi connectivity index (χ4n) is 3.14. The summed E-state index contributed by atoms with van der Waals surface area (Å²) in [5.41, 5.74) is 0.00700. The number of hydrogen-bond acceptors (Lipinski definition) is 9. The molecular weight excluding hydrogens is 480 g/mol. The van der Waals surface area contributed by atoms with Crippen LogP contribution in [0.15, 0.2) is 48.5 Å². The lowest BCUT2D eigenvalue weighted by Crippen LogP contribution is -2.37. The Morgan fingerprint density at radius 2 is 1.36 bits per heavy atom. The predicted octanol–water partition coefficient (Wildman–Crippen LogP) is 3.28. The van der Waals surface area contributed by atoms with Gasteiger partial charge in [-0.15, -0.1) is 0 Å². The molecule has 0 saturated carbocycles. The van der Waals surface area contributed by atoms with Crippen LogP contribution in [0.5, 0.6) is 0 Å². The van der Waals surface area contributed by atoms with Crippen LogP contribution in [0.2, 0.25) is 0 Å². The van der Waals surface area contributed by atoms with Crippen molar-refractivity contribution in [3.63, 3.8) is 0 Å². The number of nitro groups is 2. The first-order valence-corrected chi connectivity index (χ1v) is 10.7. The molecule has 0 fully saturated rings. The van der Waals surface area contributed by atoms with E-state index in [2.05, 4.69) is 10.6 Å². The standard InChI is InChI=1S/C22H24N4O10/c27-20(28)12-17(24-22(30)36-14-16-7-2-4-10-19(16)26(33)34)8-5-11-23-21(29)35-13-15-6-1-3-9-18(15)25(31)32/h1-4,6-7,9-10,17H,5,8,11-14H2,(H,23,29)(H,24,30)(H,27,28)/t17-/m1/s1. The van der Waals surface area contributed by atoms with Crippen LogP contribution in [0.4, 0.5) is 21.0 Å². The number of carbonyl (C=O) groups excluding carboxylic acids is 2. The average molecular weight is 504 g/mol. The van der Waals surface area contributed by atoms with Gasteiger partial charge in [-0.1, -0.05) is 24.3 Å². The molecule has 0 aliphatic rings. The second kappa shape index (κ2) is 13.8. The van der Waals surface area contributed by atoms with Gasteiger partial charge in [0.15, 0.2) is 0 Å². The number of carboxylic acids is 1. The van der Waals surface area contributed by atoms with Gasteiger partial charge >= 0.3 is 18.2 Å². The molecule has 36 heavy (non-hydrogen) atoms. The van der Waals surface area contributed by atoms with E-state index in [-0.39, 0.29) is 55.1 Å². The fourth-order valence-corrected chi connectivity index (χ4v) is 3.14. The van der Waals surface area contributed by atoms with Crippen LogP contribution in [0.3, 0.4) is 0 Å². The summed E-state index contributed by atoms with van der Waals surface area (Å²) >= 11 is 0. The Balaban J connectivity index is 1.77. The maximum absolute atomic E-state index is 12.1. The van der Waals surface area contributed by atoms with Crippen LogP contribution < -0.4 is 10.6 Å². The van der Waals surface area contributed by atoms with Gasteiger partial charge in [0.05, 0.1) is 27.4 Å². The van der Waals surface area contributed by atoms with Gasteiger partial charge in [-0.05, 0) is 25.0 Å². The number of ether oxygens (including phenoxy) is 2. The van der Waals surface area contributed by atoms with Crippen molar-refractivity contribution < 1.29 is 38.8 Å². The average Bonchev–Trinajstić information content (AvgIpc) is 2.83. The van der Waals surface area contributed by atoms with Gasteiger partial charge < -0.3 is 25.2 Å². The van der Waals surface area contributed by atoms with E-state index in [4.69, 9.17) is 14.6 Å². The summed E-state index contributed by atoms with van der Waals surface area (Å²) < 4.78 is 9.96. The molecule has 14 nitrogen and oxygen atoms in total. The quantitative estimate of drug-likeness (QED) is 0.206. The number of carbonyl (C=O) groups is 3. The molecule has 0 aromatic heterocycles. The summed E-state index contributed by atoms with van der Waals surface area (Å²) in [6, 6.07) is 10.7. The molecule has 0 aliphatic heterocycles. The molecule has 0 aliphatic carbocycles. The molecule has 2 aromatic carbocycles. The molecule has 14 heteroatoms. The number of para-hydroxylation sites is 2. The van der Waals surface area contributed by atoms with Crippen molar-refractivity contribution in [2.75, 3.05) is 6.54 Å². The van der Waals surface area contributed by atoms with Crippen LogP contribution in [0.1, 0.15) is 30.4 Å². The maximum atomic E-state index is 12.1. The summed E-state index contributed by atoms with van der Waals surface area (Å²) in [5.74, 6) is -1.17. The Morgan fingerprint density at radius 1 is 0.861 bits per heavy atom. The highest BCUT2D eigenvalue weighted by Gasteiger charge is 2.19. The molecule has 2 amide bonds. The first-order chi connectivity index (χ1) is 17.2. The minimum Gasteiger partial charge on any atom is -0.481 e. The van der Waals surface area contributed by atoms with Crippen LogP contribution >= 0.6 is 0 Å². The van der Waals surface area contributed by atoms with Crippen molar-refractivity contribution in [2.24, 2.45) is 0 Å². The van der Waals surface area contributed by atoms with E-state index < -0.39 is 40.5 Å². The molecular formula is C22H24N4O10. The first kappa shape index (κ1) is 27.5. The molecule has 0 bridgehead atoms. The number of amides is 2. The Hall–Kier alpha value is -4.75. The van der Waals surface area contributed by atoms with Gasteiger partial charge in [0, 0.05) is 24.7 Å². The smallest absolute Gasteiger partial charge is 0.407 e. The van der Waals surface area contributed by atoms with Crippen molar-refractivity contribution in [1.82, 2.24) is 10.6 Å². The number of aliphatic carboxylic acids is 1. The number of nitro benzene ring substituents is 2. The van der Waals surface area contributed by atoms with Crippen LogP contribution in [-0.4, -0.2) is 45.7 Å². The van der Waals surface area contributed by atoms with E-state index in [1.807, 2.05) is 0 Å². The molecule has 2 rings (SSSR count). The first-order valence-electron chi connectivity index (χ1n) is 10.7. The highest BCUT2D eigenvalue weighted by molar-refractivity contribution is 5.71. The number of carboxylic acid groups (broad SMARTS) is 1. The molecule has 3 N–H and O–H groups in total. The van der Waals surface area contributed by atoms with E-state index in [1.165, 1.54) is 36.4 Å². The number of alkyl carbamates (subject to hydrolysis) is 2.